The molecule has 20 heavy (non-hydrogen) atoms. The highest BCUT2D eigenvalue weighted by Gasteiger charge is 2.10. The van der Waals surface area contributed by atoms with Gasteiger partial charge in [0.05, 0.1) is 6.04 Å². The van der Waals surface area contributed by atoms with Gasteiger partial charge >= 0.3 is 0 Å². The fourth-order valence-electron chi connectivity index (χ4n) is 2.04. The van der Waals surface area contributed by atoms with E-state index in [1.165, 1.54) is 5.56 Å². The minimum atomic E-state index is 0.0581. The Morgan fingerprint density at radius 1 is 1.00 bits per heavy atom. The molecule has 2 N–H and O–H groups in total. The van der Waals surface area contributed by atoms with Crippen molar-refractivity contribution in [2.45, 2.75) is 59.0 Å². The third-order valence-corrected chi connectivity index (χ3v) is 3.39. The van der Waals surface area contributed by atoms with Crippen molar-refractivity contribution in [3.63, 3.8) is 0 Å². The smallest absolute Gasteiger partial charge is 0.221 e. The van der Waals surface area contributed by atoms with Crippen LogP contribution in [0.15, 0.2) is 24.3 Å². The zero-order chi connectivity index (χ0) is 15.1. The van der Waals surface area contributed by atoms with Crippen LogP contribution in [0.2, 0.25) is 0 Å². The summed E-state index contributed by atoms with van der Waals surface area (Å²) in [5.74, 6) is 0.634. The number of hydrogen-bond donors (Lipinski definition) is 2. The first-order valence-electron chi connectivity index (χ1n) is 7.52. The predicted octanol–water partition coefficient (Wildman–Crippen LogP) is 3.38. The van der Waals surface area contributed by atoms with Gasteiger partial charge in [0, 0.05) is 19.0 Å². The molecule has 0 saturated heterocycles. The molecule has 1 unspecified atom stereocenters. The van der Waals surface area contributed by atoms with Crippen molar-refractivity contribution in [3.8, 4) is 0 Å². The van der Waals surface area contributed by atoms with E-state index in [1.54, 1.807) is 0 Å². The zero-order valence-corrected chi connectivity index (χ0v) is 13.4. The fourth-order valence-corrected chi connectivity index (χ4v) is 2.04. The Morgan fingerprint density at radius 3 is 2.05 bits per heavy atom. The van der Waals surface area contributed by atoms with Crippen LogP contribution < -0.4 is 10.6 Å². The van der Waals surface area contributed by atoms with Crippen LogP contribution in [0.5, 0.6) is 0 Å². The summed E-state index contributed by atoms with van der Waals surface area (Å²) in [6, 6.07) is 8.97. The number of amides is 1. The lowest BCUT2D eigenvalue weighted by atomic mass is 9.99. The molecule has 0 saturated carbocycles. The Morgan fingerprint density at radius 2 is 1.55 bits per heavy atom. The molecule has 0 aliphatic carbocycles. The maximum Gasteiger partial charge on any atom is 0.221 e. The van der Waals surface area contributed by atoms with Gasteiger partial charge in [0.1, 0.15) is 0 Å². The second-order valence-corrected chi connectivity index (χ2v) is 5.97. The van der Waals surface area contributed by atoms with Crippen LogP contribution in [0.3, 0.4) is 0 Å². The average molecular weight is 276 g/mol. The first-order valence-corrected chi connectivity index (χ1v) is 7.52. The average Bonchev–Trinajstić information content (AvgIpc) is 2.38. The van der Waals surface area contributed by atoms with Crippen molar-refractivity contribution < 1.29 is 4.79 Å². The molecule has 0 spiro atoms. The van der Waals surface area contributed by atoms with Crippen molar-refractivity contribution in [3.05, 3.63) is 35.4 Å². The molecule has 1 amide bonds. The number of benzene rings is 1. The first kappa shape index (κ1) is 16.7. The van der Waals surface area contributed by atoms with Crippen LogP contribution in [0.4, 0.5) is 0 Å². The summed E-state index contributed by atoms with van der Waals surface area (Å²) < 4.78 is 0. The monoisotopic (exact) mass is 276 g/mol. The Bertz CT molecular complexity index is 410. The van der Waals surface area contributed by atoms with Gasteiger partial charge in [-0.15, -0.1) is 0 Å². The molecule has 1 aromatic carbocycles. The molecule has 112 valence electrons. The van der Waals surface area contributed by atoms with E-state index >= 15 is 0 Å². The maximum absolute atomic E-state index is 11.8. The van der Waals surface area contributed by atoms with Gasteiger partial charge in [-0.3, -0.25) is 4.79 Å². The molecule has 0 aromatic heterocycles. The number of carbonyl (C=O) groups is 1. The highest BCUT2D eigenvalue weighted by Crippen LogP contribution is 2.18. The molecule has 0 bridgehead atoms. The number of hydrogen-bond acceptors (Lipinski definition) is 2. The Kier molecular flexibility index (Phi) is 6.73. The molecular weight excluding hydrogens is 248 g/mol. The molecule has 0 aliphatic heterocycles. The SMILES string of the molecule is CC(C)NCCC(=O)NC(C)c1ccc(C(C)C)cc1. The molecule has 1 aromatic rings. The normalized spacial score (nSPS) is 12.8. The summed E-state index contributed by atoms with van der Waals surface area (Å²) in [6.07, 6.45) is 0.520. The summed E-state index contributed by atoms with van der Waals surface area (Å²) in [7, 11) is 0. The summed E-state index contributed by atoms with van der Waals surface area (Å²) in [5.41, 5.74) is 2.48. The standard InChI is InChI=1S/C17H28N2O/c1-12(2)15-6-8-16(9-7-15)14(5)19-17(20)10-11-18-13(3)4/h6-9,12-14,18H,10-11H2,1-5H3,(H,19,20). The predicted molar refractivity (Wildman–Crippen MR) is 84.8 cm³/mol. The zero-order valence-electron chi connectivity index (χ0n) is 13.4. The lowest BCUT2D eigenvalue weighted by molar-refractivity contribution is -0.121. The van der Waals surface area contributed by atoms with E-state index < -0.39 is 0 Å². The molecule has 1 atom stereocenters. The highest BCUT2D eigenvalue weighted by atomic mass is 16.1. The van der Waals surface area contributed by atoms with Crippen LogP contribution >= 0.6 is 0 Å². The minimum Gasteiger partial charge on any atom is -0.350 e. The van der Waals surface area contributed by atoms with Gasteiger partial charge in [0.15, 0.2) is 0 Å². The lowest BCUT2D eigenvalue weighted by Gasteiger charge is -2.16. The number of nitrogens with one attached hydrogen (secondary N) is 2. The third kappa shape index (κ3) is 5.74. The van der Waals surface area contributed by atoms with Gasteiger partial charge in [0.2, 0.25) is 5.91 Å². The van der Waals surface area contributed by atoms with Crippen molar-refractivity contribution in [1.82, 2.24) is 10.6 Å². The largest absolute Gasteiger partial charge is 0.350 e. The fraction of sp³-hybridized carbons (Fsp3) is 0.588. The van der Waals surface area contributed by atoms with Crippen molar-refractivity contribution in [2.24, 2.45) is 0 Å². The summed E-state index contributed by atoms with van der Waals surface area (Å²) in [6.45, 7) is 11.3. The molecule has 1 rings (SSSR count). The van der Waals surface area contributed by atoms with Gasteiger partial charge < -0.3 is 10.6 Å². The van der Waals surface area contributed by atoms with E-state index in [-0.39, 0.29) is 11.9 Å². The van der Waals surface area contributed by atoms with Crippen LogP contribution in [-0.2, 0) is 4.79 Å². The Hall–Kier alpha value is -1.35. The topological polar surface area (TPSA) is 41.1 Å². The molecule has 3 nitrogen and oxygen atoms in total. The molecule has 0 heterocycles. The van der Waals surface area contributed by atoms with Gasteiger partial charge in [-0.05, 0) is 24.0 Å². The van der Waals surface area contributed by atoms with E-state index in [4.69, 9.17) is 0 Å². The first-order chi connectivity index (χ1) is 9.40. The quantitative estimate of drug-likeness (QED) is 0.801. The van der Waals surface area contributed by atoms with Gasteiger partial charge in [-0.1, -0.05) is 52.0 Å². The molecule has 0 fully saturated rings. The second kappa shape index (κ2) is 8.05. The van der Waals surface area contributed by atoms with Gasteiger partial charge in [0.25, 0.3) is 0 Å². The summed E-state index contributed by atoms with van der Waals surface area (Å²) >= 11 is 0. The third-order valence-electron chi connectivity index (χ3n) is 3.39. The van der Waals surface area contributed by atoms with Crippen LogP contribution in [0.1, 0.15) is 64.1 Å². The van der Waals surface area contributed by atoms with Crippen LogP contribution in [0, 0.1) is 0 Å². The van der Waals surface area contributed by atoms with Crippen molar-refractivity contribution in [2.75, 3.05) is 6.54 Å². The molecular formula is C17H28N2O. The van der Waals surface area contributed by atoms with Gasteiger partial charge in [-0.25, -0.2) is 0 Å². The lowest BCUT2D eigenvalue weighted by Crippen LogP contribution is -2.31. The van der Waals surface area contributed by atoms with E-state index in [9.17, 15) is 4.79 Å². The van der Waals surface area contributed by atoms with E-state index in [0.29, 0.717) is 18.4 Å². The highest BCUT2D eigenvalue weighted by molar-refractivity contribution is 5.76. The molecule has 3 heteroatoms. The number of rotatable bonds is 7. The minimum absolute atomic E-state index is 0.0581. The van der Waals surface area contributed by atoms with E-state index in [0.717, 1.165) is 12.1 Å². The summed E-state index contributed by atoms with van der Waals surface area (Å²) in [5, 5.41) is 6.29. The summed E-state index contributed by atoms with van der Waals surface area (Å²) in [4.78, 5) is 11.8. The van der Waals surface area contributed by atoms with Crippen LogP contribution in [-0.4, -0.2) is 18.5 Å². The van der Waals surface area contributed by atoms with E-state index in [2.05, 4.69) is 62.6 Å². The Balaban J connectivity index is 2.45. The van der Waals surface area contributed by atoms with Crippen molar-refractivity contribution in [1.29, 1.82) is 0 Å². The molecule has 0 aliphatic rings. The van der Waals surface area contributed by atoms with Crippen molar-refractivity contribution >= 4 is 5.91 Å². The van der Waals surface area contributed by atoms with Gasteiger partial charge in [-0.2, -0.15) is 0 Å². The van der Waals surface area contributed by atoms with E-state index in [1.807, 2.05) is 6.92 Å². The maximum atomic E-state index is 11.8. The second-order valence-electron chi connectivity index (χ2n) is 5.97. The van der Waals surface area contributed by atoms with Crippen LogP contribution in [0.25, 0.3) is 0 Å². The number of carbonyl (C=O) groups excluding carboxylic acids is 1. The molecule has 0 radical (unpaired) electrons. The Labute approximate surface area is 123 Å².